The van der Waals surface area contributed by atoms with Crippen LogP contribution in [0.3, 0.4) is 0 Å². The van der Waals surface area contributed by atoms with Gasteiger partial charge in [0.15, 0.2) is 0 Å². The van der Waals surface area contributed by atoms with Crippen LogP contribution >= 0.6 is 0 Å². The molecule has 0 bridgehead atoms. The van der Waals surface area contributed by atoms with Crippen molar-refractivity contribution in [1.82, 2.24) is 0 Å². The summed E-state index contributed by atoms with van der Waals surface area (Å²) in [6, 6.07) is 14.8. The van der Waals surface area contributed by atoms with Crippen molar-refractivity contribution in [3.05, 3.63) is 54.6 Å². The van der Waals surface area contributed by atoms with Crippen molar-refractivity contribution >= 4 is 15.7 Å². The molecule has 0 aliphatic heterocycles. The van der Waals surface area contributed by atoms with Crippen molar-refractivity contribution in [1.29, 1.82) is 0 Å². The van der Waals surface area contributed by atoms with Crippen LogP contribution in [0.25, 0.3) is 0 Å². The van der Waals surface area contributed by atoms with Crippen LogP contribution in [0.1, 0.15) is 0 Å². The Balaban J connectivity index is 2.20. The van der Waals surface area contributed by atoms with Crippen LogP contribution in [0.15, 0.2) is 59.5 Å². The molecule has 0 saturated carbocycles. The first-order chi connectivity index (χ1) is 9.62. The fourth-order valence-corrected chi connectivity index (χ4v) is 2.66. The van der Waals surface area contributed by atoms with E-state index in [1.165, 1.54) is 12.1 Å². The molecule has 0 radical (unpaired) electrons. The highest BCUT2D eigenvalue weighted by atomic mass is 32.2. The minimum Gasteiger partial charge on any atom is -0.481 e. The number of sulfonamides is 1. The lowest BCUT2D eigenvalue weighted by Gasteiger charge is -2.09. The Morgan fingerprint density at radius 1 is 1.10 bits per heavy atom. The van der Waals surface area contributed by atoms with E-state index in [2.05, 4.69) is 10.6 Å². The van der Waals surface area contributed by atoms with Crippen LogP contribution in [0.5, 0.6) is 5.75 Å². The van der Waals surface area contributed by atoms with Gasteiger partial charge in [0, 0.05) is 6.07 Å². The molecule has 1 N–H and O–H groups in total. The SMILES string of the molecule is C#CCOc1cccc(NS(=O)(=O)c2ccccc2)c1. The fraction of sp³-hybridized carbons (Fsp3) is 0.0667. The second-order valence-electron chi connectivity index (χ2n) is 3.94. The molecule has 0 spiro atoms. The predicted molar refractivity (Wildman–Crippen MR) is 78.0 cm³/mol. The Hall–Kier alpha value is -2.45. The monoisotopic (exact) mass is 287 g/mol. The summed E-state index contributed by atoms with van der Waals surface area (Å²) in [5.74, 6) is 2.86. The molecule has 0 atom stereocenters. The van der Waals surface area contributed by atoms with E-state index in [1.54, 1.807) is 42.5 Å². The molecule has 2 aromatic carbocycles. The summed E-state index contributed by atoms with van der Waals surface area (Å²) >= 11 is 0. The standard InChI is InChI=1S/C15H13NO3S/c1-2-11-19-14-8-6-7-13(12-14)16-20(17,18)15-9-4-3-5-10-15/h1,3-10,12,16H,11H2. The third kappa shape index (κ3) is 3.53. The molecule has 0 amide bonds. The Morgan fingerprint density at radius 2 is 1.85 bits per heavy atom. The first kappa shape index (κ1) is 14.0. The van der Waals surface area contributed by atoms with E-state index in [0.717, 1.165) is 0 Å². The predicted octanol–water partition coefficient (Wildman–Crippen LogP) is 2.50. The van der Waals surface area contributed by atoms with E-state index in [0.29, 0.717) is 11.4 Å². The lowest BCUT2D eigenvalue weighted by Crippen LogP contribution is -2.12. The molecule has 0 aliphatic rings. The molecule has 0 saturated heterocycles. The minimum absolute atomic E-state index is 0.134. The molecule has 102 valence electrons. The van der Waals surface area contributed by atoms with Crippen LogP contribution in [-0.4, -0.2) is 15.0 Å². The second kappa shape index (κ2) is 6.13. The number of hydrogen-bond donors (Lipinski definition) is 1. The average Bonchev–Trinajstić information content (AvgIpc) is 2.46. The van der Waals surface area contributed by atoms with E-state index < -0.39 is 10.0 Å². The van der Waals surface area contributed by atoms with E-state index in [4.69, 9.17) is 11.2 Å². The summed E-state index contributed by atoms with van der Waals surface area (Å²) in [4.78, 5) is 0.204. The van der Waals surface area contributed by atoms with Crippen molar-refractivity contribution in [2.24, 2.45) is 0 Å². The normalized spacial score (nSPS) is 10.6. The van der Waals surface area contributed by atoms with E-state index in [1.807, 2.05) is 0 Å². The van der Waals surface area contributed by atoms with Crippen LogP contribution in [0, 0.1) is 12.3 Å². The maximum Gasteiger partial charge on any atom is 0.261 e. The maximum absolute atomic E-state index is 12.1. The van der Waals surface area contributed by atoms with Gasteiger partial charge in [0.1, 0.15) is 12.4 Å². The third-order valence-electron chi connectivity index (χ3n) is 2.46. The second-order valence-corrected chi connectivity index (χ2v) is 5.62. The first-order valence-electron chi connectivity index (χ1n) is 5.86. The number of hydrogen-bond acceptors (Lipinski definition) is 3. The number of rotatable bonds is 5. The summed E-state index contributed by atoms with van der Waals surface area (Å²) in [6.45, 7) is 0.134. The van der Waals surface area contributed by atoms with Gasteiger partial charge in [-0.2, -0.15) is 0 Å². The summed E-state index contributed by atoms with van der Waals surface area (Å²) in [7, 11) is -3.60. The van der Waals surface area contributed by atoms with Gasteiger partial charge in [-0.3, -0.25) is 4.72 Å². The highest BCUT2D eigenvalue weighted by Crippen LogP contribution is 2.20. The summed E-state index contributed by atoms with van der Waals surface area (Å²) in [6.07, 6.45) is 5.11. The van der Waals surface area contributed by atoms with Crippen LogP contribution < -0.4 is 9.46 Å². The van der Waals surface area contributed by atoms with E-state index >= 15 is 0 Å². The molecule has 4 nitrogen and oxygen atoms in total. The lowest BCUT2D eigenvalue weighted by molar-refractivity contribution is 0.370. The molecule has 2 aromatic rings. The molecule has 20 heavy (non-hydrogen) atoms. The Kier molecular flexibility index (Phi) is 4.28. The number of anilines is 1. The van der Waals surface area contributed by atoms with Gasteiger partial charge in [-0.15, -0.1) is 6.42 Å². The van der Waals surface area contributed by atoms with E-state index in [9.17, 15) is 8.42 Å². The van der Waals surface area contributed by atoms with Gasteiger partial charge in [-0.1, -0.05) is 30.2 Å². The molecule has 0 unspecified atom stereocenters. The molecule has 5 heteroatoms. The van der Waals surface area contributed by atoms with Crippen LogP contribution in [0.4, 0.5) is 5.69 Å². The largest absolute Gasteiger partial charge is 0.481 e. The molecule has 0 aliphatic carbocycles. The lowest BCUT2D eigenvalue weighted by atomic mass is 10.3. The molecule has 2 rings (SSSR count). The zero-order valence-corrected chi connectivity index (χ0v) is 11.4. The van der Waals surface area contributed by atoms with Crippen LogP contribution in [0.2, 0.25) is 0 Å². The summed E-state index contributed by atoms with van der Waals surface area (Å²) in [5, 5.41) is 0. The maximum atomic E-state index is 12.1. The van der Waals surface area contributed by atoms with Gasteiger partial charge in [-0.05, 0) is 24.3 Å². The summed E-state index contributed by atoms with van der Waals surface area (Å²) < 4.78 is 32.0. The Labute approximate surface area is 118 Å². The smallest absolute Gasteiger partial charge is 0.261 e. The number of nitrogens with one attached hydrogen (secondary N) is 1. The average molecular weight is 287 g/mol. The molecular weight excluding hydrogens is 274 g/mol. The zero-order valence-electron chi connectivity index (χ0n) is 10.6. The van der Waals surface area contributed by atoms with Crippen molar-refractivity contribution in [2.75, 3.05) is 11.3 Å². The van der Waals surface area contributed by atoms with E-state index in [-0.39, 0.29) is 11.5 Å². The van der Waals surface area contributed by atoms with Gasteiger partial charge in [0.25, 0.3) is 10.0 Å². The molecule has 0 fully saturated rings. The first-order valence-corrected chi connectivity index (χ1v) is 7.34. The van der Waals surface area contributed by atoms with Crippen molar-refractivity contribution in [2.45, 2.75) is 4.90 Å². The third-order valence-corrected chi connectivity index (χ3v) is 3.86. The number of ether oxygens (including phenoxy) is 1. The highest BCUT2D eigenvalue weighted by molar-refractivity contribution is 7.92. The summed E-state index contributed by atoms with van der Waals surface area (Å²) in [5.41, 5.74) is 0.420. The topological polar surface area (TPSA) is 55.4 Å². The van der Waals surface area contributed by atoms with Gasteiger partial charge < -0.3 is 4.74 Å². The Morgan fingerprint density at radius 3 is 2.55 bits per heavy atom. The van der Waals surface area contributed by atoms with Crippen LogP contribution in [-0.2, 0) is 10.0 Å². The van der Waals surface area contributed by atoms with Gasteiger partial charge in [0.05, 0.1) is 10.6 Å². The Bertz CT molecular complexity index is 718. The highest BCUT2D eigenvalue weighted by Gasteiger charge is 2.13. The quantitative estimate of drug-likeness (QED) is 0.860. The fourth-order valence-electron chi connectivity index (χ4n) is 1.59. The van der Waals surface area contributed by atoms with Gasteiger partial charge >= 0.3 is 0 Å². The van der Waals surface area contributed by atoms with Crippen molar-refractivity contribution in [3.63, 3.8) is 0 Å². The molecule has 0 aromatic heterocycles. The molecular formula is C15H13NO3S. The number of benzene rings is 2. The van der Waals surface area contributed by atoms with Gasteiger partial charge in [-0.25, -0.2) is 8.42 Å². The van der Waals surface area contributed by atoms with Crippen molar-refractivity contribution < 1.29 is 13.2 Å². The number of terminal acetylenes is 1. The molecule has 0 heterocycles. The zero-order chi connectivity index (χ0) is 14.4. The minimum atomic E-state index is -3.60. The van der Waals surface area contributed by atoms with Crippen molar-refractivity contribution in [3.8, 4) is 18.1 Å². The van der Waals surface area contributed by atoms with Gasteiger partial charge in [0.2, 0.25) is 0 Å².